The number of nitrogens with one attached hydrogen (secondary N) is 1. The second-order valence-corrected chi connectivity index (χ2v) is 4.34. The molecule has 0 saturated heterocycles. The minimum Gasteiger partial charge on any atom is -0.478 e. The van der Waals surface area contributed by atoms with E-state index in [1.54, 1.807) is 0 Å². The molecule has 1 aromatic carbocycles. The van der Waals surface area contributed by atoms with E-state index < -0.39 is 11.8 Å². The summed E-state index contributed by atoms with van der Waals surface area (Å²) in [5.41, 5.74) is 5.37. The molecule has 4 nitrogen and oxygen atoms in total. The van der Waals surface area contributed by atoms with Gasteiger partial charge in [0.05, 0.1) is 11.4 Å². The highest BCUT2D eigenvalue weighted by atomic mass is 19.1. The second-order valence-electron chi connectivity index (χ2n) is 4.34. The molecular weight excluding hydrogens is 223 g/mol. The molecule has 1 aliphatic rings. The number of benzene rings is 1. The standard InChI is InChI=1S/C12H15FN2O2/c1-2-6-5-9(6)15-8-4-3-7(13)11(14)10(8)12(16)17/h3-4,6,9,15H,2,5,14H2,1H3,(H,16,17). The van der Waals surface area contributed by atoms with Crippen LogP contribution >= 0.6 is 0 Å². The molecule has 5 heteroatoms. The van der Waals surface area contributed by atoms with Gasteiger partial charge in [0.1, 0.15) is 11.4 Å². The van der Waals surface area contributed by atoms with E-state index in [1.165, 1.54) is 12.1 Å². The first-order valence-corrected chi connectivity index (χ1v) is 5.62. The van der Waals surface area contributed by atoms with Crippen molar-refractivity contribution in [1.29, 1.82) is 0 Å². The summed E-state index contributed by atoms with van der Waals surface area (Å²) in [6, 6.07) is 2.90. The third-order valence-electron chi connectivity index (χ3n) is 3.19. The average molecular weight is 238 g/mol. The highest BCUT2D eigenvalue weighted by Gasteiger charge is 2.36. The smallest absolute Gasteiger partial charge is 0.340 e. The third kappa shape index (κ3) is 2.18. The van der Waals surface area contributed by atoms with Gasteiger partial charge in [0.25, 0.3) is 0 Å². The van der Waals surface area contributed by atoms with Crippen molar-refractivity contribution >= 4 is 17.3 Å². The van der Waals surface area contributed by atoms with Crippen molar-refractivity contribution in [2.75, 3.05) is 11.1 Å². The lowest BCUT2D eigenvalue weighted by Crippen LogP contribution is -2.12. The molecule has 2 atom stereocenters. The fourth-order valence-corrected chi connectivity index (χ4v) is 2.02. The Labute approximate surface area is 98.6 Å². The van der Waals surface area contributed by atoms with Crippen LogP contribution in [0.3, 0.4) is 0 Å². The predicted octanol–water partition coefficient (Wildman–Crippen LogP) is 2.32. The Morgan fingerprint density at radius 3 is 2.88 bits per heavy atom. The van der Waals surface area contributed by atoms with Crippen LogP contribution in [0, 0.1) is 11.7 Å². The third-order valence-corrected chi connectivity index (χ3v) is 3.19. The Hall–Kier alpha value is -1.78. The number of carboxylic acids is 1. The molecule has 92 valence electrons. The molecule has 0 spiro atoms. The van der Waals surface area contributed by atoms with Crippen LogP contribution in [-0.2, 0) is 0 Å². The van der Waals surface area contributed by atoms with Crippen LogP contribution in [0.1, 0.15) is 30.1 Å². The average Bonchev–Trinajstić information content (AvgIpc) is 3.01. The number of hydrogen-bond acceptors (Lipinski definition) is 3. The zero-order valence-corrected chi connectivity index (χ0v) is 9.53. The zero-order valence-electron chi connectivity index (χ0n) is 9.53. The van der Waals surface area contributed by atoms with E-state index in [0.29, 0.717) is 11.6 Å². The van der Waals surface area contributed by atoms with Crippen molar-refractivity contribution in [2.45, 2.75) is 25.8 Å². The number of nitrogens with two attached hydrogens (primary N) is 1. The Morgan fingerprint density at radius 2 is 2.35 bits per heavy atom. The summed E-state index contributed by atoms with van der Waals surface area (Å²) in [6.45, 7) is 2.09. The number of aromatic carboxylic acids is 1. The molecule has 0 amide bonds. The van der Waals surface area contributed by atoms with E-state index in [4.69, 9.17) is 10.8 Å². The summed E-state index contributed by atoms with van der Waals surface area (Å²) in [5.74, 6) is -1.34. The van der Waals surface area contributed by atoms with Crippen molar-refractivity contribution in [3.8, 4) is 0 Å². The monoisotopic (exact) mass is 238 g/mol. The summed E-state index contributed by atoms with van der Waals surface area (Å²) < 4.78 is 13.2. The quantitative estimate of drug-likeness (QED) is 0.704. The van der Waals surface area contributed by atoms with Gasteiger partial charge in [0, 0.05) is 6.04 Å². The molecule has 2 rings (SSSR count). The van der Waals surface area contributed by atoms with Crippen LogP contribution in [0.2, 0.25) is 0 Å². The van der Waals surface area contributed by atoms with Gasteiger partial charge in [-0.05, 0) is 24.5 Å². The van der Waals surface area contributed by atoms with Gasteiger partial charge in [-0.3, -0.25) is 0 Å². The molecule has 2 unspecified atom stereocenters. The summed E-state index contributed by atoms with van der Waals surface area (Å²) in [7, 11) is 0. The topological polar surface area (TPSA) is 75.3 Å². The minimum atomic E-state index is -1.21. The number of carbonyl (C=O) groups is 1. The molecule has 0 aromatic heterocycles. The first kappa shape index (κ1) is 11.7. The predicted molar refractivity (Wildman–Crippen MR) is 63.6 cm³/mol. The van der Waals surface area contributed by atoms with Gasteiger partial charge in [-0.1, -0.05) is 13.3 Å². The van der Waals surface area contributed by atoms with Gasteiger partial charge in [-0.25, -0.2) is 9.18 Å². The van der Waals surface area contributed by atoms with Gasteiger partial charge in [-0.2, -0.15) is 0 Å². The first-order valence-electron chi connectivity index (χ1n) is 5.62. The first-order chi connectivity index (χ1) is 8.04. The maximum Gasteiger partial charge on any atom is 0.340 e. The summed E-state index contributed by atoms with van der Waals surface area (Å²) in [6.07, 6.45) is 2.07. The Morgan fingerprint density at radius 1 is 1.65 bits per heavy atom. The van der Waals surface area contributed by atoms with Crippen LogP contribution in [0.25, 0.3) is 0 Å². The van der Waals surface area contributed by atoms with Gasteiger partial charge in [-0.15, -0.1) is 0 Å². The van der Waals surface area contributed by atoms with Crippen molar-refractivity contribution < 1.29 is 14.3 Å². The molecule has 0 radical (unpaired) electrons. The Balaban J connectivity index is 2.27. The molecule has 1 fully saturated rings. The van der Waals surface area contributed by atoms with Crippen molar-refractivity contribution in [3.63, 3.8) is 0 Å². The summed E-state index contributed by atoms with van der Waals surface area (Å²) in [4.78, 5) is 11.1. The maximum absolute atomic E-state index is 13.2. The summed E-state index contributed by atoms with van der Waals surface area (Å²) >= 11 is 0. The molecular formula is C12H15FN2O2. The molecule has 0 aliphatic heterocycles. The lowest BCUT2D eigenvalue weighted by Gasteiger charge is -2.11. The number of rotatable bonds is 4. The van der Waals surface area contributed by atoms with E-state index >= 15 is 0 Å². The highest BCUT2D eigenvalue weighted by molar-refractivity contribution is 6.00. The fraction of sp³-hybridized carbons (Fsp3) is 0.417. The van der Waals surface area contributed by atoms with E-state index in [9.17, 15) is 9.18 Å². The highest BCUT2D eigenvalue weighted by Crippen LogP contribution is 2.37. The van der Waals surface area contributed by atoms with Crippen molar-refractivity contribution in [1.82, 2.24) is 0 Å². The van der Waals surface area contributed by atoms with E-state index in [1.807, 2.05) is 0 Å². The molecule has 17 heavy (non-hydrogen) atoms. The normalized spacial score (nSPS) is 22.2. The Bertz CT molecular complexity index is 462. The van der Waals surface area contributed by atoms with E-state index in [0.717, 1.165) is 12.8 Å². The fourth-order valence-electron chi connectivity index (χ4n) is 2.02. The SMILES string of the molecule is CCC1CC1Nc1ccc(F)c(N)c1C(=O)O. The molecule has 1 saturated carbocycles. The van der Waals surface area contributed by atoms with Crippen LogP contribution < -0.4 is 11.1 Å². The summed E-state index contributed by atoms with van der Waals surface area (Å²) in [5, 5.41) is 12.1. The van der Waals surface area contributed by atoms with Gasteiger partial charge >= 0.3 is 5.97 Å². The zero-order chi connectivity index (χ0) is 12.6. The van der Waals surface area contributed by atoms with Crippen LogP contribution in [0.5, 0.6) is 0 Å². The lowest BCUT2D eigenvalue weighted by atomic mass is 10.1. The van der Waals surface area contributed by atoms with Gasteiger partial charge in [0.2, 0.25) is 0 Å². The molecule has 1 aromatic rings. The number of hydrogen-bond donors (Lipinski definition) is 3. The second kappa shape index (κ2) is 4.24. The van der Waals surface area contributed by atoms with Crippen molar-refractivity contribution in [3.05, 3.63) is 23.5 Å². The van der Waals surface area contributed by atoms with Crippen LogP contribution in [0.15, 0.2) is 12.1 Å². The van der Waals surface area contributed by atoms with Crippen LogP contribution in [-0.4, -0.2) is 17.1 Å². The molecule has 4 N–H and O–H groups in total. The Kier molecular flexibility index (Phi) is 2.92. The number of halogens is 1. The number of anilines is 2. The molecule has 0 bridgehead atoms. The van der Waals surface area contributed by atoms with E-state index in [2.05, 4.69) is 12.2 Å². The minimum absolute atomic E-state index is 0.174. The molecule has 0 heterocycles. The van der Waals surface area contributed by atoms with Crippen LogP contribution in [0.4, 0.5) is 15.8 Å². The largest absolute Gasteiger partial charge is 0.478 e. The number of nitrogen functional groups attached to an aromatic ring is 1. The van der Waals surface area contributed by atoms with E-state index in [-0.39, 0.29) is 17.3 Å². The van der Waals surface area contributed by atoms with Gasteiger partial charge in [0.15, 0.2) is 0 Å². The molecule has 1 aliphatic carbocycles. The van der Waals surface area contributed by atoms with Crippen molar-refractivity contribution in [2.24, 2.45) is 5.92 Å². The van der Waals surface area contributed by atoms with Gasteiger partial charge < -0.3 is 16.2 Å². The lowest BCUT2D eigenvalue weighted by molar-refractivity contribution is 0.0698. The maximum atomic E-state index is 13.2. The number of carboxylic acid groups (broad SMARTS) is 1.